The number of nitrogens with one attached hydrogen (secondary N) is 2. The zero-order chi connectivity index (χ0) is 12.8. The first kappa shape index (κ1) is 11.6. The minimum atomic E-state index is -0.740. The van der Waals surface area contributed by atoms with Gasteiger partial charge in [0.15, 0.2) is 0 Å². The monoisotopic (exact) mass is 246 g/mol. The zero-order valence-corrected chi connectivity index (χ0v) is 9.24. The Labute approximate surface area is 103 Å². The van der Waals surface area contributed by atoms with Crippen molar-refractivity contribution in [3.05, 3.63) is 48.2 Å². The van der Waals surface area contributed by atoms with Crippen LogP contribution in [0.5, 0.6) is 0 Å². The van der Waals surface area contributed by atoms with E-state index in [4.69, 9.17) is 4.84 Å². The molecule has 0 unspecified atom stereocenters. The molecule has 0 radical (unpaired) electrons. The fourth-order valence-electron chi connectivity index (χ4n) is 1.19. The van der Waals surface area contributed by atoms with E-state index in [0.717, 1.165) is 5.28 Å². The second-order valence-corrected chi connectivity index (χ2v) is 3.23. The van der Waals surface area contributed by atoms with Crippen molar-refractivity contribution in [1.29, 1.82) is 0 Å². The summed E-state index contributed by atoms with van der Waals surface area (Å²) in [4.78, 5) is 27.9. The third kappa shape index (κ3) is 3.08. The SMILES string of the molecule is O=C(NC(=O)c1ccccc1)NN1N=CC=CO1. The number of hydrazone groups is 1. The minimum absolute atomic E-state index is 0.385. The number of hydrogen-bond acceptors (Lipinski definition) is 5. The minimum Gasteiger partial charge on any atom is -0.351 e. The number of benzene rings is 1. The Balaban J connectivity index is 1.86. The molecule has 0 saturated carbocycles. The van der Waals surface area contributed by atoms with Crippen LogP contribution in [0, 0.1) is 0 Å². The van der Waals surface area contributed by atoms with Crippen LogP contribution in [0.1, 0.15) is 10.4 Å². The van der Waals surface area contributed by atoms with Gasteiger partial charge in [-0.15, -0.1) is 5.10 Å². The Hall–Kier alpha value is -2.83. The molecular weight excluding hydrogens is 236 g/mol. The van der Waals surface area contributed by atoms with Crippen LogP contribution in [0.3, 0.4) is 0 Å². The predicted octanol–water partition coefficient (Wildman–Crippen LogP) is 0.788. The molecule has 0 bridgehead atoms. The highest BCUT2D eigenvalue weighted by atomic mass is 16.7. The van der Waals surface area contributed by atoms with Gasteiger partial charge >= 0.3 is 6.03 Å². The molecule has 2 rings (SSSR count). The molecule has 3 amide bonds. The van der Waals surface area contributed by atoms with Crippen LogP contribution in [0.4, 0.5) is 4.79 Å². The van der Waals surface area contributed by atoms with E-state index in [1.54, 1.807) is 36.4 Å². The van der Waals surface area contributed by atoms with Gasteiger partial charge in [-0.2, -0.15) is 5.43 Å². The van der Waals surface area contributed by atoms with Gasteiger partial charge in [0.05, 0.1) is 6.21 Å². The Morgan fingerprint density at radius 2 is 2.00 bits per heavy atom. The number of imide groups is 1. The third-order valence-electron chi connectivity index (χ3n) is 1.96. The van der Waals surface area contributed by atoms with Crippen molar-refractivity contribution in [2.24, 2.45) is 5.10 Å². The van der Waals surface area contributed by atoms with E-state index >= 15 is 0 Å². The van der Waals surface area contributed by atoms with Gasteiger partial charge in [0.2, 0.25) is 0 Å². The second kappa shape index (κ2) is 5.48. The molecule has 92 valence electrons. The van der Waals surface area contributed by atoms with Crippen LogP contribution in [-0.2, 0) is 4.84 Å². The average molecular weight is 246 g/mol. The molecule has 1 aromatic carbocycles. The summed E-state index contributed by atoms with van der Waals surface area (Å²) in [5, 5.41) is 6.63. The van der Waals surface area contributed by atoms with E-state index in [1.165, 1.54) is 12.5 Å². The maximum absolute atomic E-state index is 11.6. The number of allylic oxidation sites excluding steroid dienone is 1. The number of rotatable bonds is 2. The molecule has 7 heteroatoms. The molecule has 0 spiro atoms. The third-order valence-corrected chi connectivity index (χ3v) is 1.96. The molecule has 0 aromatic heterocycles. The number of urea groups is 1. The highest BCUT2D eigenvalue weighted by Crippen LogP contribution is 1.98. The van der Waals surface area contributed by atoms with Crippen molar-refractivity contribution in [2.45, 2.75) is 0 Å². The molecule has 1 aliphatic heterocycles. The van der Waals surface area contributed by atoms with E-state index in [2.05, 4.69) is 15.8 Å². The van der Waals surface area contributed by atoms with Crippen molar-refractivity contribution in [1.82, 2.24) is 16.0 Å². The van der Waals surface area contributed by atoms with Gasteiger partial charge in [-0.05, 0) is 23.5 Å². The number of amides is 3. The number of carbonyl (C=O) groups excluding carboxylic acids is 2. The Kier molecular flexibility index (Phi) is 3.55. The summed E-state index contributed by atoms with van der Waals surface area (Å²) in [5.74, 6) is -0.510. The van der Waals surface area contributed by atoms with Crippen LogP contribution >= 0.6 is 0 Å². The number of nitrogens with zero attached hydrogens (tertiary/aromatic N) is 2. The first-order chi connectivity index (χ1) is 8.75. The maximum Gasteiger partial charge on any atom is 0.344 e. The Morgan fingerprint density at radius 3 is 2.67 bits per heavy atom. The molecular formula is C11H10N4O3. The second-order valence-electron chi connectivity index (χ2n) is 3.23. The lowest BCUT2D eigenvalue weighted by atomic mass is 10.2. The Morgan fingerprint density at radius 1 is 1.22 bits per heavy atom. The summed E-state index contributed by atoms with van der Waals surface area (Å²) in [7, 11) is 0. The summed E-state index contributed by atoms with van der Waals surface area (Å²) in [6.07, 6.45) is 4.29. The standard InChI is InChI=1S/C11H10N4O3/c16-10(9-5-2-1-3-6-9)13-11(17)14-15-12-7-4-8-18-15/h1-8H,(H2,13,14,16,17). The van der Waals surface area contributed by atoms with Crippen LogP contribution in [0.2, 0.25) is 0 Å². The summed E-state index contributed by atoms with van der Waals surface area (Å²) in [6, 6.07) is 7.64. The molecule has 2 N–H and O–H groups in total. The van der Waals surface area contributed by atoms with Crippen LogP contribution in [0.25, 0.3) is 0 Å². The van der Waals surface area contributed by atoms with Gasteiger partial charge in [0.1, 0.15) is 6.26 Å². The smallest absolute Gasteiger partial charge is 0.344 e. The van der Waals surface area contributed by atoms with Gasteiger partial charge in [-0.25, -0.2) is 4.79 Å². The van der Waals surface area contributed by atoms with Gasteiger partial charge in [0.25, 0.3) is 5.91 Å². The molecule has 18 heavy (non-hydrogen) atoms. The molecule has 0 fully saturated rings. The topological polar surface area (TPSA) is 83.0 Å². The molecule has 1 aliphatic rings. The molecule has 0 atom stereocenters. The highest BCUT2D eigenvalue weighted by molar-refractivity contribution is 6.04. The fraction of sp³-hybridized carbons (Fsp3) is 0. The van der Waals surface area contributed by atoms with Crippen molar-refractivity contribution >= 4 is 18.2 Å². The van der Waals surface area contributed by atoms with Crippen LogP contribution in [-0.4, -0.2) is 23.4 Å². The molecule has 0 saturated heterocycles. The van der Waals surface area contributed by atoms with E-state index in [9.17, 15) is 9.59 Å². The average Bonchev–Trinajstić information content (AvgIpc) is 2.40. The van der Waals surface area contributed by atoms with Gasteiger partial charge in [0, 0.05) is 5.56 Å². The van der Waals surface area contributed by atoms with Crippen LogP contribution < -0.4 is 10.7 Å². The quantitative estimate of drug-likeness (QED) is 0.808. The summed E-state index contributed by atoms with van der Waals surface area (Å²) < 4.78 is 0. The summed E-state index contributed by atoms with van der Waals surface area (Å²) in [6.45, 7) is 0. The first-order valence-corrected chi connectivity index (χ1v) is 5.09. The van der Waals surface area contributed by atoms with Crippen molar-refractivity contribution < 1.29 is 14.4 Å². The normalized spacial score (nSPS) is 12.8. The fourth-order valence-corrected chi connectivity index (χ4v) is 1.19. The first-order valence-electron chi connectivity index (χ1n) is 5.09. The van der Waals surface area contributed by atoms with Gasteiger partial charge < -0.3 is 4.84 Å². The van der Waals surface area contributed by atoms with Crippen LogP contribution in [0.15, 0.2) is 47.8 Å². The van der Waals surface area contributed by atoms with E-state index in [0.29, 0.717) is 5.56 Å². The van der Waals surface area contributed by atoms with E-state index in [-0.39, 0.29) is 0 Å². The number of carbonyl (C=O) groups is 2. The largest absolute Gasteiger partial charge is 0.351 e. The Bertz CT molecular complexity index is 498. The van der Waals surface area contributed by atoms with E-state index in [1.807, 2.05) is 0 Å². The molecule has 0 aliphatic carbocycles. The molecule has 1 heterocycles. The summed E-state index contributed by atoms with van der Waals surface area (Å²) in [5.41, 5.74) is 2.60. The van der Waals surface area contributed by atoms with Gasteiger partial charge in [-0.1, -0.05) is 18.2 Å². The maximum atomic E-state index is 11.6. The van der Waals surface area contributed by atoms with Crippen molar-refractivity contribution in [3.8, 4) is 0 Å². The molecule has 7 nitrogen and oxygen atoms in total. The summed E-state index contributed by atoms with van der Waals surface area (Å²) >= 11 is 0. The van der Waals surface area contributed by atoms with Crippen molar-refractivity contribution in [2.75, 3.05) is 0 Å². The lowest BCUT2D eigenvalue weighted by molar-refractivity contribution is -0.134. The predicted molar refractivity (Wildman–Crippen MR) is 63.0 cm³/mol. The highest BCUT2D eigenvalue weighted by Gasteiger charge is 2.12. The van der Waals surface area contributed by atoms with E-state index < -0.39 is 11.9 Å². The number of hydrogen-bond donors (Lipinski definition) is 2. The number of hydrazine groups is 1. The lowest BCUT2D eigenvalue weighted by Gasteiger charge is -2.18. The lowest BCUT2D eigenvalue weighted by Crippen LogP contribution is -2.46. The van der Waals surface area contributed by atoms with Crippen molar-refractivity contribution in [3.63, 3.8) is 0 Å². The zero-order valence-electron chi connectivity index (χ0n) is 9.24. The van der Waals surface area contributed by atoms with Gasteiger partial charge in [-0.3, -0.25) is 10.1 Å². The molecule has 1 aromatic rings.